The van der Waals surface area contributed by atoms with Crippen LogP contribution < -0.4 is 0 Å². The molecular formula is C18H15N3O. The van der Waals surface area contributed by atoms with Gasteiger partial charge in [-0.1, -0.05) is 30.3 Å². The number of phenolic OH excluding ortho intramolecular Hbond substituents is 1. The Bertz CT molecular complexity index is 965. The van der Waals surface area contributed by atoms with Crippen molar-refractivity contribution in [3.8, 4) is 11.4 Å². The standard InChI is InChI=1S/C18H15N3O/c1-11-7-12(2)18(22)17(8-11)21-19-15-9-13-5-3-4-6-14(13)10-16(15)20-21/h3-10,22H,1-2H3. The molecule has 22 heavy (non-hydrogen) atoms. The van der Waals surface area contributed by atoms with Crippen LogP contribution in [0.1, 0.15) is 11.1 Å². The van der Waals surface area contributed by atoms with Crippen molar-refractivity contribution in [1.29, 1.82) is 0 Å². The van der Waals surface area contributed by atoms with E-state index in [0.29, 0.717) is 5.69 Å². The molecular weight excluding hydrogens is 274 g/mol. The number of nitrogens with zero attached hydrogens (tertiary/aromatic N) is 3. The lowest BCUT2D eigenvalue weighted by Crippen LogP contribution is -2.00. The van der Waals surface area contributed by atoms with Crippen LogP contribution in [0.4, 0.5) is 0 Å². The summed E-state index contributed by atoms with van der Waals surface area (Å²) in [5.74, 6) is 0.218. The number of aryl methyl sites for hydroxylation is 2. The van der Waals surface area contributed by atoms with Gasteiger partial charge in [0.25, 0.3) is 0 Å². The first-order valence-electron chi connectivity index (χ1n) is 7.18. The summed E-state index contributed by atoms with van der Waals surface area (Å²) in [4.78, 5) is 1.51. The van der Waals surface area contributed by atoms with Gasteiger partial charge in [0.2, 0.25) is 0 Å². The lowest BCUT2D eigenvalue weighted by molar-refractivity contribution is 0.463. The molecule has 0 atom stereocenters. The van der Waals surface area contributed by atoms with E-state index in [1.54, 1.807) is 0 Å². The second kappa shape index (κ2) is 4.56. The molecule has 0 radical (unpaired) electrons. The van der Waals surface area contributed by atoms with Gasteiger partial charge in [0.05, 0.1) is 0 Å². The largest absolute Gasteiger partial charge is 0.505 e. The van der Waals surface area contributed by atoms with Gasteiger partial charge in [-0.2, -0.15) is 0 Å². The second-order valence-electron chi connectivity index (χ2n) is 5.63. The third kappa shape index (κ3) is 1.92. The average Bonchev–Trinajstić information content (AvgIpc) is 2.91. The molecule has 1 N–H and O–H groups in total. The fourth-order valence-corrected chi connectivity index (χ4v) is 2.80. The zero-order chi connectivity index (χ0) is 15.3. The number of phenols is 1. The molecule has 0 saturated heterocycles. The first kappa shape index (κ1) is 12.8. The lowest BCUT2D eigenvalue weighted by atomic mass is 10.1. The van der Waals surface area contributed by atoms with Crippen LogP contribution in [0.25, 0.3) is 27.5 Å². The topological polar surface area (TPSA) is 50.9 Å². The van der Waals surface area contributed by atoms with Crippen molar-refractivity contribution in [3.63, 3.8) is 0 Å². The molecule has 0 amide bonds. The van der Waals surface area contributed by atoms with Gasteiger partial charge in [-0.3, -0.25) is 0 Å². The molecule has 4 aromatic rings. The summed E-state index contributed by atoms with van der Waals surface area (Å²) < 4.78 is 0. The molecule has 4 nitrogen and oxygen atoms in total. The minimum atomic E-state index is 0.218. The zero-order valence-electron chi connectivity index (χ0n) is 12.4. The van der Waals surface area contributed by atoms with Gasteiger partial charge in [-0.15, -0.1) is 15.0 Å². The van der Waals surface area contributed by atoms with Gasteiger partial charge in [0.15, 0.2) is 0 Å². The van der Waals surface area contributed by atoms with Crippen LogP contribution in [-0.4, -0.2) is 20.1 Å². The maximum Gasteiger partial charge on any atom is 0.146 e. The minimum Gasteiger partial charge on any atom is -0.505 e. The molecule has 4 rings (SSSR count). The predicted molar refractivity (Wildman–Crippen MR) is 87.5 cm³/mol. The molecule has 0 spiro atoms. The van der Waals surface area contributed by atoms with Crippen molar-refractivity contribution in [3.05, 3.63) is 59.7 Å². The first-order valence-corrected chi connectivity index (χ1v) is 7.18. The predicted octanol–water partition coefficient (Wildman–Crippen LogP) is 3.90. The maximum absolute atomic E-state index is 10.3. The van der Waals surface area contributed by atoms with Crippen molar-refractivity contribution >= 4 is 21.8 Å². The summed E-state index contributed by atoms with van der Waals surface area (Å²) in [7, 11) is 0. The average molecular weight is 289 g/mol. The first-order chi connectivity index (χ1) is 10.6. The van der Waals surface area contributed by atoms with E-state index in [-0.39, 0.29) is 5.75 Å². The third-order valence-electron chi connectivity index (χ3n) is 3.89. The molecule has 1 heterocycles. The Morgan fingerprint density at radius 3 is 2.05 bits per heavy atom. The zero-order valence-corrected chi connectivity index (χ0v) is 12.4. The van der Waals surface area contributed by atoms with Gasteiger partial charge in [0.1, 0.15) is 22.5 Å². The van der Waals surface area contributed by atoms with E-state index in [9.17, 15) is 5.11 Å². The van der Waals surface area contributed by atoms with Crippen molar-refractivity contribution in [2.45, 2.75) is 13.8 Å². The van der Waals surface area contributed by atoms with Crippen LogP contribution >= 0.6 is 0 Å². The Morgan fingerprint density at radius 1 is 0.864 bits per heavy atom. The van der Waals surface area contributed by atoms with Gasteiger partial charge < -0.3 is 5.11 Å². The van der Waals surface area contributed by atoms with E-state index in [0.717, 1.165) is 32.9 Å². The number of aromatic nitrogens is 3. The Hall–Kier alpha value is -2.88. The van der Waals surface area contributed by atoms with Crippen LogP contribution in [-0.2, 0) is 0 Å². The number of fused-ring (bicyclic) bond motifs is 2. The molecule has 3 aromatic carbocycles. The normalized spacial score (nSPS) is 11.4. The number of hydrogen-bond donors (Lipinski definition) is 1. The monoisotopic (exact) mass is 289 g/mol. The van der Waals surface area contributed by atoms with E-state index in [4.69, 9.17) is 0 Å². The molecule has 1 aromatic heterocycles. The van der Waals surface area contributed by atoms with Gasteiger partial charge in [-0.05, 0) is 53.9 Å². The van der Waals surface area contributed by atoms with E-state index in [2.05, 4.69) is 22.3 Å². The molecule has 0 aliphatic heterocycles. The Labute approximate surface area is 127 Å². The van der Waals surface area contributed by atoms with Gasteiger partial charge in [-0.25, -0.2) is 0 Å². The molecule has 4 heteroatoms. The number of rotatable bonds is 1. The summed E-state index contributed by atoms with van der Waals surface area (Å²) in [5, 5.41) is 21.6. The fraction of sp³-hybridized carbons (Fsp3) is 0.111. The molecule has 0 bridgehead atoms. The van der Waals surface area contributed by atoms with E-state index in [1.807, 2.05) is 50.2 Å². The summed E-state index contributed by atoms with van der Waals surface area (Å²) in [5.41, 5.74) is 4.13. The third-order valence-corrected chi connectivity index (χ3v) is 3.89. The van der Waals surface area contributed by atoms with E-state index < -0.39 is 0 Å². The second-order valence-corrected chi connectivity index (χ2v) is 5.63. The highest BCUT2D eigenvalue weighted by molar-refractivity contribution is 5.94. The summed E-state index contributed by atoms with van der Waals surface area (Å²) >= 11 is 0. The van der Waals surface area contributed by atoms with Crippen LogP contribution in [0.5, 0.6) is 5.75 Å². The molecule has 0 fully saturated rings. The summed E-state index contributed by atoms with van der Waals surface area (Å²) in [6.07, 6.45) is 0. The van der Waals surface area contributed by atoms with Gasteiger partial charge in [0, 0.05) is 0 Å². The quantitative estimate of drug-likeness (QED) is 0.578. The van der Waals surface area contributed by atoms with Crippen LogP contribution in [0.2, 0.25) is 0 Å². The highest BCUT2D eigenvalue weighted by Crippen LogP contribution is 2.28. The Kier molecular flexibility index (Phi) is 2.66. The van der Waals surface area contributed by atoms with Crippen molar-refractivity contribution in [2.24, 2.45) is 0 Å². The molecule has 0 aliphatic carbocycles. The van der Waals surface area contributed by atoms with E-state index >= 15 is 0 Å². The van der Waals surface area contributed by atoms with Crippen LogP contribution in [0.3, 0.4) is 0 Å². The fourth-order valence-electron chi connectivity index (χ4n) is 2.80. The molecule has 108 valence electrons. The van der Waals surface area contributed by atoms with Crippen molar-refractivity contribution in [1.82, 2.24) is 15.0 Å². The number of benzene rings is 3. The molecule has 0 aliphatic rings. The number of hydrogen-bond acceptors (Lipinski definition) is 3. The smallest absolute Gasteiger partial charge is 0.146 e. The number of aromatic hydroxyl groups is 1. The minimum absolute atomic E-state index is 0.218. The Morgan fingerprint density at radius 2 is 1.45 bits per heavy atom. The highest BCUT2D eigenvalue weighted by atomic mass is 16.3. The summed E-state index contributed by atoms with van der Waals surface area (Å²) in [6, 6.07) is 16.0. The van der Waals surface area contributed by atoms with Crippen LogP contribution in [0, 0.1) is 13.8 Å². The summed E-state index contributed by atoms with van der Waals surface area (Å²) in [6.45, 7) is 3.87. The molecule has 0 saturated carbocycles. The van der Waals surface area contributed by atoms with Gasteiger partial charge >= 0.3 is 0 Å². The maximum atomic E-state index is 10.3. The SMILES string of the molecule is Cc1cc(C)c(O)c(-n2nc3cc4ccccc4cc3n2)c1. The Balaban J connectivity index is 1.98. The van der Waals surface area contributed by atoms with Crippen molar-refractivity contribution in [2.75, 3.05) is 0 Å². The van der Waals surface area contributed by atoms with Crippen molar-refractivity contribution < 1.29 is 5.11 Å². The highest BCUT2D eigenvalue weighted by Gasteiger charge is 2.12. The molecule has 0 unspecified atom stereocenters. The van der Waals surface area contributed by atoms with E-state index in [1.165, 1.54) is 4.80 Å². The lowest BCUT2D eigenvalue weighted by Gasteiger charge is -2.07. The van der Waals surface area contributed by atoms with Crippen LogP contribution in [0.15, 0.2) is 48.5 Å².